The number of carbonyl (C=O) groups excluding carboxylic acids is 1. The van der Waals surface area contributed by atoms with E-state index in [4.69, 9.17) is 16.3 Å². The van der Waals surface area contributed by atoms with Crippen LogP contribution in [0, 0.1) is 27.2 Å². The molecule has 3 rings (SSSR count). The third kappa shape index (κ3) is 5.35. The van der Waals surface area contributed by atoms with Gasteiger partial charge in [0, 0.05) is 36.3 Å². The average Bonchev–Trinajstić information content (AvgIpc) is 2.75. The zero-order chi connectivity index (χ0) is 22.5. The van der Waals surface area contributed by atoms with E-state index in [1.807, 2.05) is 12.1 Å². The SMILES string of the molecule is Cc1c(C(=O)NCC(c2ccc(Cl)cc2)N2CCOCC2)cc([N+](=O)[O-])cc1[N+](=O)[O-]. The number of carbonyl (C=O) groups is 1. The number of hydrogen-bond donors (Lipinski definition) is 1. The van der Waals surface area contributed by atoms with Crippen molar-refractivity contribution in [3.8, 4) is 0 Å². The zero-order valence-electron chi connectivity index (χ0n) is 16.7. The highest BCUT2D eigenvalue weighted by Crippen LogP contribution is 2.28. The normalized spacial score (nSPS) is 15.3. The molecule has 1 aliphatic rings. The van der Waals surface area contributed by atoms with Crippen LogP contribution in [0.5, 0.6) is 0 Å². The topological polar surface area (TPSA) is 128 Å². The van der Waals surface area contributed by atoms with Gasteiger partial charge in [0.2, 0.25) is 0 Å². The lowest BCUT2D eigenvalue weighted by atomic mass is 10.0. The quantitative estimate of drug-likeness (QED) is 0.508. The Kier molecular flexibility index (Phi) is 7.16. The maximum absolute atomic E-state index is 12.9. The minimum atomic E-state index is -0.756. The van der Waals surface area contributed by atoms with Crippen molar-refractivity contribution in [3.05, 3.63) is 78.3 Å². The van der Waals surface area contributed by atoms with Crippen molar-refractivity contribution in [2.45, 2.75) is 13.0 Å². The Bertz CT molecular complexity index is 992. The Morgan fingerprint density at radius 2 is 1.81 bits per heavy atom. The fraction of sp³-hybridized carbons (Fsp3) is 0.350. The number of halogens is 1. The van der Waals surface area contributed by atoms with Gasteiger partial charge in [0.1, 0.15) is 0 Å². The lowest BCUT2D eigenvalue weighted by Gasteiger charge is -2.35. The van der Waals surface area contributed by atoms with Crippen molar-refractivity contribution in [2.75, 3.05) is 32.8 Å². The summed E-state index contributed by atoms with van der Waals surface area (Å²) in [6.45, 7) is 4.07. The molecule has 2 aromatic rings. The Hall–Kier alpha value is -3.08. The first-order chi connectivity index (χ1) is 14.8. The van der Waals surface area contributed by atoms with Gasteiger partial charge in [-0.15, -0.1) is 0 Å². The number of hydrogen-bond acceptors (Lipinski definition) is 7. The van der Waals surface area contributed by atoms with Gasteiger partial charge in [0.05, 0.1) is 40.7 Å². The zero-order valence-corrected chi connectivity index (χ0v) is 17.5. The summed E-state index contributed by atoms with van der Waals surface area (Å²) in [4.78, 5) is 36.0. The Morgan fingerprint density at radius 1 is 1.16 bits per heavy atom. The molecule has 0 aromatic heterocycles. The Morgan fingerprint density at radius 3 is 2.39 bits per heavy atom. The van der Waals surface area contributed by atoms with Gasteiger partial charge in [-0.2, -0.15) is 0 Å². The van der Waals surface area contributed by atoms with Crippen LogP contribution in [0.3, 0.4) is 0 Å². The van der Waals surface area contributed by atoms with Crippen molar-refractivity contribution in [1.82, 2.24) is 10.2 Å². The number of nitrogens with zero attached hydrogens (tertiary/aromatic N) is 3. The highest BCUT2D eigenvalue weighted by atomic mass is 35.5. The molecule has 2 aromatic carbocycles. The third-order valence-electron chi connectivity index (χ3n) is 5.21. The summed E-state index contributed by atoms with van der Waals surface area (Å²) in [5.41, 5.74) is -0.0692. The highest BCUT2D eigenvalue weighted by molar-refractivity contribution is 6.30. The van der Waals surface area contributed by atoms with Crippen LogP contribution < -0.4 is 5.32 Å². The minimum Gasteiger partial charge on any atom is -0.379 e. The van der Waals surface area contributed by atoms with Crippen molar-refractivity contribution in [3.63, 3.8) is 0 Å². The average molecular weight is 449 g/mol. The van der Waals surface area contributed by atoms with Gasteiger partial charge in [-0.3, -0.25) is 29.9 Å². The molecule has 1 fully saturated rings. The van der Waals surface area contributed by atoms with Crippen LogP contribution in [-0.2, 0) is 4.74 Å². The monoisotopic (exact) mass is 448 g/mol. The fourth-order valence-corrected chi connectivity index (χ4v) is 3.66. The smallest absolute Gasteiger partial charge is 0.279 e. The number of nitrogens with one attached hydrogen (secondary N) is 1. The van der Waals surface area contributed by atoms with Crippen LogP contribution >= 0.6 is 11.6 Å². The van der Waals surface area contributed by atoms with Gasteiger partial charge < -0.3 is 10.1 Å². The van der Waals surface area contributed by atoms with E-state index < -0.39 is 27.1 Å². The van der Waals surface area contributed by atoms with Gasteiger partial charge in [0.25, 0.3) is 17.3 Å². The van der Waals surface area contributed by atoms with Crippen molar-refractivity contribution >= 4 is 28.9 Å². The summed E-state index contributed by atoms with van der Waals surface area (Å²) in [7, 11) is 0. The predicted octanol–water partition coefficient (Wildman–Crippen LogP) is 3.27. The van der Waals surface area contributed by atoms with E-state index in [0.29, 0.717) is 31.3 Å². The number of amides is 1. The first-order valence-corrected chi connectivity index (χ1v) is 9.94. The number of morpholine rings is 1. The number of nitro groups is 2. The third-order valence-corrected chi connectivity index (χ3v) is 5.47. The molecule has 10 nitrogen and oxygen atoms in total. The van der Waals surface area contributed by atoms with Crippen LogP contribution in [0.4, 0.5) is 11.4 Å². The Labute approximate surface area is 183 Å². The van der Waals surface area contributed by atoms with E-state index in [-0.39, 0.29) is 23.7 Å². The second-order valence-electron chi connectivity index (χ2n) is 7.08. The summed E-state index contributed by atoms with van der Waals surface area (Å²) < 4.78 is 5.41. The molecule has 0 aliphatic carbocycles. The summed E-state index contributed by atoms with van der Waals surface area (Å²) in [5.74, 6) is -0.614. The van der Waals surface area contributed by atoms with Gasteiger partial charge >= 0.3 is 0 Å². The number of rotatable bonds is 7. The van der Waals surface area contributed by atoms with E-state index in [0.717, 1.165) is 17.7 Å². The molecule has 0 bridgehead atoms. The molecule has 1 atom stereocenters. The molecular weight excluding hydrogens is 428 g/mol. The van der Waals surface area contributed by atoms with E-state index in [9.17, 15) is 25.0 Å². The summed E-state index contributed by atoms with van der Waals surface area (Å²) in [5, 5.41) is 25.8. The molecule has 31 heavy (non-hydrogen) atoms. The molecule has 1 N–H and O–H groups in total. The van der Waals surface area contributed by atoms with Crippen LogP contribution in [-0.4, -0.2) is 53.5 Å². The lowest BCUT2D eigenvalue weighted by molar-refractivity contribution is -0.394. The number of benzene rings is 2. The molecule has 1 amide bonds. The fourth-order valence-electron chi connectivity index (χ4n) is 3.53. The summed E-state index contributed by atoms with van der Waals surface area (Å²) in [6.07, 6.45) is 0. The summed E-state index contributed by atoms with van der Waals surface area (Å²) >= 11 is 5.99. The molecule has 0 radical (unpaired) electrons. The second-order valence-corrected chi connectivity index (χ2v) is 7.51. The highest BCUT2D eigenvalue weighted by Gasteiger charge is 2.27. The minimum absolute atomic E-state index is 0.0718. The largest absolute Gasteiger partial charge is 0.379 e. The molecule has 0 saturated carbocycles. The van der Waals surface area contributed by atoms with E-state index in [1.165, 1.54) is 6.92 Å². The predicted molar refractivity (Wildman–Crippen MR) is 113 cm³/mol. The molecule has 1 saturated heterocycles. The number of nitro benzene ring substituents is 2. The molecular formula is C20H21ClN4O6. The Balaban J connectivity index is 1.86. The van der Waals surface area contributed by atoms with Gasteiger partial charge in [-0.25, -0.2) is 0 Å². The standard InChI is InChI=1S/C20H21ClN4O6/c1-13-17(10-16(24(27)28)11-18(13)25(29)30)20(26)22-12-19(23-6-8-31-9-7-23)14-2-4-15(21)5-3-14/h2-5,10-11,19H,6-9,12H2,1H3,(H,22,26). The maximum atomic E-state index is 12.9. The molecule has 11 heteroatoms. The van der Waals surface area contributed by atoms with Crippen LogP contribution in [0.25, 0.3) is 0 Å². The molecule has 0 spiro atoms. The molecule has 1 heterocycles. The molecule has 164 valence electrons. The maximum Gasteiger partial charge on any atom is 0.279 e. The first kappa shape index (κ1) is 22.6. The molecule has 1 unspecified atom stereocenters. The van der Waals surface area contributed by atoms with Gasteiger partial charge in [0.15, 0.2) is 0 Å². The molecule has 1 aliphatic heterocycles. The van der Waals surface area contributed by atoms with Gasteiger partial charge in [-0.05, 0) is 24.6 Å². The van der Waals surface area contributed by atoms with E-state index in [2.05, 4.69) is 10.2 Å². The van der Waals surface area contributed by atoms with Crippen LogP contribution in [0.1, 0.15) is 27.5 Å². The second kappa shape index (κ2) is 9.82. The van der Waals surface area contributed by atoms with Crippen LogP contribution in [0.2, 0.25) is 5.02 Å². The van der Waals surface area contributed by atoms with Gasteiger partial charge in [-0.1, -0.05) is 23.7 Å². The van der Waals surface area contributed by atoms with Crippen LogP contribution in [0.15, 0.2) is 36.4 Å². The van der Waals surface area contributed by atoms with E-state index in [1.54, 1.807) is 12.1 Å². The summed E-state index contributed by atoms with van der Waals surface area (Å²) in [6, 6.07) is 9.01. The first-order valence-electron chi connectivity index (χ1n) is 9.57. The number of non-ortho nitro benzene ring substituents is 1. The van der Waals surface area contributed by atoms with Crippen molar-refractivity contribution in [2.24, 2.45) is 0 Å². The van der Waals surface area contributed by atoms with Crippen molar-refractivity contribution in [1.29, 1.82) is 0 Å². The number of ether oxygens (including phenoxy) is 1. The van der Waals surface area contributed by atoms with Crippen molar-refractivity contribution < 1.29 is 19.4 Å². The lowest BCUT2D eigenvalue weighted by Crippen LogP contribution is -2.43. The van der Waals surface area contributed by atoms with E-state index >= 15 is 0 Å².